The first-order valence-electron chi connectivity index (χ1n) is 6.88. The molecular formula is C14H19N3O2S. The summed E-state index contributed by atoms with van der Waals surface area (Å²) < 4.78 is 25.1. The van der Waals surface area contributed by atoms with Crippen molar-refractivity contribution in [3.8, 4) is 0 Å². The summed E-state index contributed by atoms with van der Waals surface area (Å²) in [6.07, 6.45) is 3.55. The van der Waals surface area contributed by atoms with E-state index in [1.54, 1.807) is 0 Å². The lowest BCUT2D eigenvalue weighted by molar-refractivity contribution is 0.480. The van der Waals surface area contributed by atoms with Crippen molar-refractivity contribution in [1.29, 1.82) is 0 Å². The monoisotopic (exact) mass is 293 g/mol. The first-order valence-corrected chi connectivity index (χ1v) is 8.70. The van der Waals surface area contributed by atoms with Gasteiger partial charge in [0.1, 0.15) is 0 Å². The fraction of sp³-hybridized carbons (Fsp3) is 0.500. The Morgan fingerprint density at radius 1 is 1.45 bits per heavy atom. The molecule has 1 aliphatic rings. The fourth-order valence-electron chi connectivity index (χ4n) is 2.75. The molecule has 0 bridgehead atoms. The Morgan fingerprint density at radius 2 is 2.30 bits per heavy atom. The number of benzene rings is 1. The van der Waals surface area contributed by atoms with Crippen molar-refractivity contribution >= 4 is 20.7 Å². The molecule has 20 heavy (non-hydrogen) atoms. The number of aryl methyl sites for hydroxylation is 1. The third kappa shape index (κ3) is 2.86. The maximum atomic E-state index is 11.6. The summed E-state index contributed by atoms with van der Waals surface area (Å²) in [6.45, 7) is 0.696. The number of sulfone groups is 1. The predicted molar refractivity (Wildman–Crippen MR) is 79.2 cm³/mol. The number of nitrogens with one attached hydrogen (secondary N) is 1. The van der Waals surface area contributed by atoms with Gasteiger partial charge in [0.05, 0.1) is 23.2 Å². The van der Waals surface area contributed by atoms with Crippen LogP contribution in [0.15, 0.2) is 24.4 Å². The largest absolute Gasteiger partial charge is 0.309 e. The van der Waals surface area contributed by atoms with Crippen molar-refractivity contribution in [3.63, 3.8) is 0 Å². The van der Waals surface area contributed by atoms with E-state index in [2.05, 4.69) is 28.6 Å². The first kappa shape index (κ1) is 13.6. The summed E-state index contributed by atoms with van der Waals surface area (Å²) in [6, 6.07) is 6.30. The molecule has 5 nitrogen and oxygen atoms in total. The zero-order chi connectivity index (χ0) is 14.2. The van der Waals surface area contributed by atoms with Crippen LogP contribution >= 0.6 is 0 Å². The van der Waals surface area contributed by atoms with Crippen LogP contribution in [0.1, 0.15) is 18.4 Å². The van der Waals surface area contributed by atoms with Gasteiger partial charge in [-0.2, -0.15) is 5.10 Å². The van der Waals surface area contributed by atoms with E-state index in [-0.39, 0.29) is 11.8 Å². The third-order valence-corrected chi connectivity index (χ3v) is 5.69. The molecule has 1 fully saturated rings. The molecule has 0 amide bonds. The Bertz CT molecular complexity index is 721. The van der Waals surface area contributed by atoms with Gasteiger partial charge in [0.2, 0.25) is 0 Å². The molecule has 1 N–H and O–H groups in total. The molecule has 108 valence electrons. The van der Waals surface area contributed by atoms with Gasteiger partial charge in [0.15, 0.2) is 9.84 Å². The Kier molecular flexibility index (Phi) is 3.52. The van der Waals surface area contributed by atoms with Crippen molar-refractivity contribution in [2.45, 2.75) is 25.4 Å². The van der Waals surface area contributed by atoms with Crippen LogP contribution in [0.25, 0.3) is 10.9 Å². The molecule has 6 heteroatoms. The van der Waals surface area contributed by atoms with Crippen LogP contribution in [0.5, 0.6) is 0 Å². The highest BCUT2D eigenvalue weighted by Gasteiger charge is 2.24. The summed E-state index contributed by atoms with van der Waals surface area (Å²) >= 11 is 0. The van der Waals surface area contributed by atoms with Gasteiger partial charge in [-0.05, 0) is 24.5 Å². The molecule has 1 aromatic heterocycles. The van der Waals surface area contributed by atoms with E-state index in [1.165, 1.54) is 0 Å². The van der Waals surface area contributed by atoms with Gasteiger partial charge in [0.25, 0.3) is 0 Å². The second kappa shape index (κ2) is 5.18. The summed E-state index contributed by atoms with van der Waals surface area (Å²) in [5.74, 6) is 0.604. The van der Waals surface area contributed by atoms with E-state index < -0.39 is 9.84 Å². The normalized spacial score (nSPS) is 22.1. The highest BCUT2D eigenvalue weighted by Crippen LogP contribution is 2.16. The highest BCUT2D eigenvalue weighted by atomic mass is 32.2. The van der Waals surface area contributed by atoms with Gasteiger partial charge in [0, 0.05) is 25.0 Å². The number of aromatic nitrogens is 2. The molecule has 1 unspecified atom stereocenters. The summed E-state index contributed by atoms with van der Waals surface area (Å²) in [5, 5.41) is 8.71. The van der Waals surface area contributed by atoms with E-state index in [1.807, 2.05) is 17.9 Å². The Hall–Kier alpha value is -1.40. The summed E-state index contributed by atoms with van der Waals surface area (Å²) in [4.78, 5) is 0. The molecule has 1 aliphatic heterocycles. The van der Waals surface area contributed by atoms with Crippen LogP contribution in [0.3, 0.4) is 0 Å². The standard InChI is InChI=1S/C14H19N3O2S/c1-17-14-7-11(4-5-12(14)9-16-17)8-15-13-3-2-6-20(18,19)10-13/h4-5,7,9,13,15H,2-3,6,8,10H2,1H3. The predicted octanol–water partition coefficient (Wildman–Crippen LogP) is 1.24. The number of rotatable bonds is 3. The van der Waals surface area contributed by atoms with E-state index in [4.69, 9.17) is 0 Å². The third-order valence-electron chi connectivity index (χ3n) is 3.87. The van der Waals surface area contributed by atoms with Crippen molar-refractivity contribution in [3.05, 3.63) is 30.0 Å². The van der Waals surface area contributed by atoms with Gasteiger partial charge in [-0.1, -0.05) is 12.1 Å². The van der Waals surface area contributed by atoms with Crippen molar-refractivity contribution in [1.82, 2.24) is 15.1 Å². The second-order valence-corrected chi connectivity index (χ2v) is 7.72. The molecule has 3 rings (SSSR count). The van der Waals surface area contributed by atoms with E-state index in [0.717, 1.165) is 29.3 Å². The zero-order valence-corrected chi connectivity index (χ0v) is 12.4. The van der Waals surface area contributed by atoms with Crippen molar-refractivity contribution in [2.24, 2.45) is 7.05 Å². The first-order chi connectivity index (χ1) is 9.53. The zero-order valence-electron chi connectivity index (χ0n) is 11.5. The van der Waals surface area contributed by atoms with Gasteiger partial charge < -0.3 is 5.32 Å². The van der Waals surface area contributed by atoms with E-state index in [9.17, 15) is 8.42 Å². The van der Waals surface area contributed by atoms with Crippen LogP contribution in [-0.2, 0) is 23.4 Å². The molecular weight excluding hydrogens is 274 g/mol. The Morgan fingerprint density at radius 3 is 3.10 bits per heavy atom. The van der Waals surface area contributed by atoms with Crippen molar-refractivity contribution in [2.75, 3.05) is 11.5 Å². The molecule has 1 atom stereocenters. The fourth-order valence-corrected chi connectivity index (χ4v) is 4.42. The van der Waals surface area contributed by atoms with Gasteiger partial charge in [-0.3, -0.25) is 4.68 Å². The van der Waals surface area contributed by atoms with E-state index >= 15 is 0 Å². The molecule has 0 saturated carbocycles. The summed E-state index contributed by atoms with van der Waals surface area (Å²) in [5.41, 5.74) is 2.25. The molecule has 0 spiro atoms. The molecule has 0 aliphatic carbocycles. The SMILES string of the molecule is Cn1ncc2ccc(CNC3CCCS(=O)(=O)C3)cc21. The lowest BCUT2D eigenvalue weighted by atomic mass is 10.1. The van der Waals surface area contributed by atoms with Gasteiger partial charge >= 0.3 is 0 Å². The molecule has 1 saturated heterocycles. The topological polar surface area (TPSA) is 64.0 Å². The molecule has 1 aromatic carbocycles. The lowest BCUT2D eigenvalue weighted by Crippen LogP contribution is -2.39. The van der Waals surface area contributed by atoms with Crippen LogP contribution in [0, 0.1) is 0 Å². The minimum atomic E-state index is -2.85. The maximum Gasteiger partial charge on any atom is 0.151 e. The minimum Gasteiger partial charge on any atom is -0.309 e. The van der Waals surface area contributed by atoms with E-state index in [0.29, 0.717) is 12.3 Å². The minimum absolute atomic E-state index is 0.0796. The molecule has 2 aromatic rings. The Labute approximate surface area is 118 Å². The van der Waals surface area contributed by atoms with Crippen LogP contribution in [-0.4, -0.2) is 35.7 Å². The number of fused-ring (bicyclic) bond motifs is 1. The van der Waals surface area contributed by atoms with Gasteiger partial charge in [-0.25, -0.2) is 8.42 Å². The average molecular weight is 293 g/mol. The number of hydrogen-bond donors (Lipinski definition) is 1. The Balaban J connectivity index is 1.69. The number of hydrogen-bond acceptors (Lipinski definition) is 4. The highest BCUT2D eigenvalue weighted by molar-refractivity contribution is 7.91. The van der Waals surface area contributed by atoms with Crippen molar-refractivity contribution < 1.29 is 8.42 Å². The smallest absolute Gasteiger partial charge is 0.151 e. The lowest BCUT2D eigenvalue weighted by Gasteiger charge is -2.23. The van der Waals surface area contributed by atoms with Crippen LogP contribution in [0.2, 0.25) is 0 Å². The summed E-state index contributed by atoms with van der Waals surface area (Å²) in [7, 11) is -0.921. The second-order valence-electron chi connectivity index (χ2n) is 5.50. The average Bonchev–Trinajstić information content (AvgIpc) is 2.77. The quantitative estimate of drug-likeness (QED) is 0.925. The van der Waals surface area contributed by atoms with Gasteiger partial charge in [-0.15, -0.1) is 0 Å². The molecule has 0 radical (unpaired) electrons. The molecule has 2 heterocycles. The maximum absolute atomic E-state index is 11.6. The van der Waals surface area contributed by atoms with Crippen LogP contribution in [0.4, 0.5) is 0 Å². The van der Waals surface area contributed by atoms with Crippen LogP contribution < -0.4 is 5.32 Å². The number of nitrogens with zero attached hydrogens (tertiary/aromatic N) is 2.